The first kappa shape index (κ1) is 14.4. The Kier molecular flexibility index (Phi) is 6.86. The molecule has 7 nitrogen and oxygen atoms in total. The van der Waals surface area contributed by atoms with Crippen LogP contribution in [-0.4, -0.2) is 47.8 Å². The number of hydrogen-bond donors (Lipinski definition) is 3. The van der Waals surface area contributed by atoms with Crippen LogP contribution in [0.25, 0.3) is 0 Å². The molecule has 0 spiro atoms. The molecule has 0 fully saturated rings. The summed E-state index contributed by atoms with van der Waals surface area (Å²) in [5, 5.41) is 19.4. The van der Waals surface area contributed by atoms with Crippen molar-refractivity contribution in [3.05, 3.63) is 0 Å². The zero-order valence-electron chi connectivity index (χ0n) is 8.93. The maximum Gasteiger partial charge on any atom is 0.326 e. The van der Waals surface area contributed by atoms with Gasteiger partial charge < -0.3 is 20.3 Å². The topological polar surface area (TPSA) is 113 Å². The number of carboxylic acid groups (broad SMARTS) is 2. The van der Waals surface area contributed by atoms with E-state index in [0.717, 1.165) is 0 Å². The standard InChI is InChI=1S/C9H15NO6/c1-16-5-7(11)10-6(9(14)15)3-2-4-8(12)13/h6H,2-5H2,1H3,(H,10,11)(H,12,13)(H,14,15). The van der Waals surface area contributed by atoms with Gasteiger partial charge in [0.05, 0.1) is 0 Å². The van der Waals surface area contributed by atoms with Crippen LogP contribution in [0.2, 0.25) is 0 Å². The van der Waals surface area contributed by atoms with E-state index in [1.54, 1.807) is 0 Å². The number of ether oxygens (including phenoxy) is 1. The lowest BCUT2D eigenvalue weighted by atomic mass is 10.1. The largest absolute Gasteiger partial charge is 0.481 e. The molecule has 0 bridgehead atoms. The first-order valence-electron chi connectivity index (χ1n) is 4.70. The van der Waals surface area contributed by atoms with Crippen molar-refractivity contribution in [3.8, 4) is 0 Å². The highest BCUT2D eigenvalue weighted by molar-refractivity contribution is 5.84. The van der Waals surface area contributed by atoms with Gasteiger partial charge in [0, 0.05) is 13.5 Å². The van der Waals surface area contributed by atoms with Crippen molar-refractivity contribution in [2.75, 3.05) is 13.7 Å². The number of aliphatic carboxylic acids is 2. The van der Waals surface area contributed by atoms with E-state index in [2.05, 4.69) is 10.1 Å². The molecule has 0 radical (unpaired) electrons. The molecule has 0 saturated carbocycles. The molecule has 7 heteroatoms. The lowest BCUT2D eigenvalue weighted by molar-refractivity contribution is -0.143. The number of amides is 1. The molecule has 1 unspecified atom stereocenters. The van der Waals surface area contributed by atoms with E-state index in [9.17, 15) is 14.4 Å². The van der Waals surface area contributed by atoms with Crippen molar-refractivity contribution in [1.29, 1.82) is 0 Å². The van der Waals surface area contributed by atoms with Crippen LogP contribution >= 0.6 is 0 Å². The van der Waals surface area contributed by atoms with Crippen molar-refractivity contribution in [2.24, 2.45) is 0 Å². The van der Waals surface area contributed by atoms with Gasteiger partial charge in [-0.1, -0.05) is 0 Å². The number of methoxy groups -OCH3 is 1. The smallest absolute Gasteiger partial charge is 0.326 e. The fraction of sp³-hybridized carbons (Fsp3) is 0.667. The predicted molar refractivity (Wildman–Crippen MR) is 52.9 cm³/mol. The number of carbonyl (C=O) groups is 3. The second kappa shape index (κ2) is 7.63. The van der Waals surface area contributed by atoms with Crippen molar-refractivity contribution in [1.82, 2.24) is 5.32 Å². The summed E-state index contributed by atoms with van der Waals surface area (Å²) in [6.45, 7) is -0.220. The molecule has 0 aliphatic carbocycles. The van der Waals surface area contributed by atoms with Crippen LogP contribution in [0.5, 0.6) is 0 Å². The Balaban J connectivity index is 4.02. The summed E-state index contributed by atoms with van der Waals surface area (Å²) in [6.07, 6.45) is 0.153. The molecule has 0 aliphatic rings. The zero-order valence-corrected chi connectivity index (χ0v) is 8.93. The highest BCUT2D eigenvalue weighted by Crippen LogP contribution is 2.01. The average Bonchev–Trinajstić information content (AvgIpc) is 2.15. The van der Waals surface area contributed by atoms with Crippen LogP contribution in [0.15, 0.2) is 0 Å². The molecule has 0 aliphatic heterocycles. The van der Waals surface area contributed by atoms with Crippen molar-refractivity contribution >= 4 is 17.8 Å². The number of rotatable bonds is 8. The number of carbonyl (C=O) groups excluding carboxylic acids is 1. The molecule has 0 heterocycles. The second-order valence-corrected chi connectivity index (χ2v) is 3.18. The quantitative estimate of drug-likeness (QED) is 0.518. The van der Waals surface area contributed by atoms with Gasteiger partial charge in [-0.15, -0.1) is 0 Å². The van der Waals surface area contributed by atoms with Gasteiger partial charge in [-0.2, -0.15) is 0 Å². The Bertz CT molecular complexity index is 265. The van der Waals surface area contributed by atoms with Gasteiger partial charge in [0.25, 0.3) is 0 Å². The second-order valence-electron chi connectivity index (χ2n) is 3.18. The van der Waals surface area contributed by atoms with E-state index in [-0.39, 0.29) is 25.9 Å². The van der Waals surface area contributed by atoms with E-state index in [1.807, 2.05) is 0 Å². The molecule has 1 amide bonds. The fourth-order valence-corrected chi connectivity index (χ4v) is 1.08. The minimum atomic E-state index is -1.19. The maximum atomic E-state index is 11.0. The number of carboxylic acids is 2. The highest BCUT2D eigenvalue weighted by Gasteiger charge is 2.19. The summed E-state index contributed by atoms with van der Waals surface area (Å²) in [5.74, 6) is -2.72. The van der Waals surface area contributed by atoms with Gasteiger partial charge >= 0.3 is 11.9 Å². The van der Waals surface area contributed by atoms with Gasteiger partial charge in [-0.3, -0.25) is 9.59 Å². The number of hydrogen-bond acceptors (Lipinski definition) is 4. The molecule has 92 valence electrons. The maximum absolute atomic E-state index is 11.0. The summed E-state index contributed by atoms with van der Waals surface area (Å²) >= 11 is 0. The van der Waals surface area contributed by atoms with Crippen LogP contribution in [0.4, 0.5) is 0 Å². The Morgan fingerprint density at radius 1 is 1.31 bits per heavy atom. The Morgan fingerprint density at radius 3 is 2.38 bits per heavy atom. The summed E-state index contributed by atoms with van der Waals surface area (Å²) in [4.78, 5) is 32.0. The summed E-state index contributed by atoms with van der Waals surface area (Å²) in [7, 11) is 1.32. The van der Waals surface area contributed by atoms with Crippen molar-refractivity contribution in [3.63, 3.8) is 0 Å². The van der Waals surface area contributed by atoms with Crippen molar-refractivity contribution in [2.45, 2.75) is 25.3 Å². The molecule has 0 aromatic rings. The van der Waals surface area contributed by atoms with E-state index in [0.29, 0.717) is 0 Å². The molecular formula is C9H15NO6. The molecule has 0 aromatic carbocycles. The van der Waals surface area contributed by atoms with E-state index in [1.165, 1.54) is 7.11 Å². The minimum absolute atomic E-state index is 0.0804. The number of nitrogens with one attached hydrogen (secondary N) is 1. The molecule has 3 N–H and O–H groups in total. The van der Waals surface area contributed by atoms with Gasteiger partial charge in [0.1, 0.15) is 12.6 Å². The molecule has 1 atom stereocenters. The first-order chi connectivity index (χ1) is 7.47. The third-order valence-corrected chi connectivity index (χ3v) is 1.79. The molecular weight excluding hydrogens is 218 g/mol. The molecule has 0 rings (SSSR count). The predicted octanol–water partition coefficient (Wildman–Crippen LogP) is -0.543. The monoisotopic (exact) mass is 233 g/mol. The first-order valence-corrected chi connectivity index (χ1v) is 4.70. The van der Waals surface area contributed by atoms with E-state index in [4.69, 9.17) is 10.2 Å². The molecule has 16 heavy (non-hydrogen) atoms. The Hall–Kier alpha value is -1.63. The van der Waals surface area contributed by atoms with Gasteiger partial charge in [0.15, 0.2) is 0 Å². The van der Waals surface area contributed by atoms with Crippen LogP contribution < -0.4 is 5.32 Å². The van der Waals surface area contributed by atoms with Gasteiger partial charge in [-0.05, 0) is 12.8 Å². The average molecular weight is 233 g/mol. The lowest BCUT2D eigenvalue weighted by Crippen LogP contribution is -2.42. The Morgan fingerprint density at radius 2 is 1.94 bits per heavy atom. The zero-order chi connectivity index (χ0) is 12.6. The van der Waals surface area contributed by atoms with Crippen LogP contribution in [0.1, 0.15) is 19.3 Å². The summed E-state index contributed by atoms with van der Waals surface area (Å²) in [5.41, 5.74) is 0. The third kappa shape index (κ3) is 6.77. The van der Waals surface area contributed by atoms with E-state index < -0.39 is 23.9 Å². The molecule has 0 saturated heterocycles. The van der Waals surface area contributed by atoms with Crippen LogP contribution in [-0.2, 0) is 19.1 Å². The minimum Gasteiger partial charge on any atom is -0.481 e. The van der Waals surface area contributed by atoms with Crippen molar-refractivity contribution < 1.29 is 29.3 Å². The third-order valence-electron chi connectivity index (χ3n) is 1.79. The molecule has 0 aromatic heterocycles. The SMILES string of the molecule is COCC(=O)NC(CCCC(=O)O)C(=O)O. The summed E-state index contributed by atoms with van der Waals surface area (Å²) in [6, 6.07) is -1.07. The van der Waals surface area contributed by atoms with Gasteiger partial charge in [-0.25, -0.2) is 4.79 Å². The van der Waals surface area contributed by atoms with Gasteiger partial charge in [0.2, 0.25) is 5.91 Å². The van der Waals surface area contributed by atoms with E-state index >= 15 is 0 Å². The van der Waals surface area contributed by atoms with Crippen LogP contribution in [0.3, 0.4) is 0 Å². The lowest BCUT2D eigenvalue weighted by Gasteiger charge is -2.13. The van der Waals surface area contributed by atoms with Crippen LogP contribution in [0, 0.1) is 0 Å². The highest BCUT2D eigenvalue weighted by atomic mass is 16.5. The summed E-state index contributed by atoms with van der Waals surface area (Å²) < 4.78 is 4.53. The fourth-order valence-electron chi connectivity index (χ4n) is 1.08. The normalized spacial score (nSPS) is 11.8. The Labute approximate surface area is 92.4 Å².